The van der Waals surface area contributed by atoms with E-state index in [-0.39, 0.29) is 0 Å². The zero-order chi connectivity index (χ0) is 11.6. The van der Waals surface area contributed by atoms with E-state index in [0.29, 0.717) is 6.54 Å². The molecule has 2 rings (SSSR count). The minimum atomic E-state index is -0.499. The van der Waals surface area contributed by atoms with Crippen molar-refractivity contribution in [3.8, 4) is 0 Å². The van der Waals surface area contributed by atoms with Gasteiger partial charge in [-0.2, -0.15) is 16.9 Å². The molecule has 90 valence electrons. The van der Waals surface area contributed by atoms with Gasteiger partial charge in [0.25, 0.3) is 0 Å². The van der Waals surface area contributed by atoms with Gasteiger partial charge in [0.15, 0.2) is 0 Å². The second-order valence-electron chi connectivity index (χ2n) is 4.54. The third-order valence-corrected chi connectivity index (χ3v) is 4.20. The molecule has 0 radical (unpaired) electrons. The van der Waals surface area contributed by atoms with E-state index in [9.17, 15) is 5.11 Å². The molecule has 1 fully saturated rings. The van der Waals surface area contributed by atoms with Gasteiger partial charge in [-0.15, -0.1) is 0 Å². The Hall–Kier alpha value is -0.520. The Bertz CT molecular complexity index is 358. The number of nitrogens with one attached hydrogen (secondary N) is 1. The Kier molecular flexibility index (Phi) is 3.56. The number of thioether (sulfide) groups is 1. The van der Waals surface area contributed by atoms with Crippen LogP contribution in [0.25, 0.3) is 0 Å². The summed E-state index contributed by atoms with van der Waals surface area (Å²) in [6, 6.07) is 0. The molecule has 1 aromatic rings. The number of nitrogens with zero attached hydrogens (tertiary/aromatic N) is 2. The van der Waals surface area contributed by atoms with Crippen molar-refractivity contribution in [1.82, 2.24) is 15.1 Å². The molecule has 0 amide bonds. The molecule has 1 aliphatic heterocycles. The summed E-state index contributed by atoms with van der Waals surface area (Å²) in [5.41, 5.74) is 1.76. The fourth-order valence-corrected chi connectivity index (χ4v) is 3.28. The van der Waals surface area contributed by atoms with E-state index in [0.717, 1.165) is 30.2 Å². The highest BCUT2D eigenvalue weighted by molar-refractivity contribution is 7.99. The molecule has 0 aliphatic carbocycles. The van der Waals surface area contributed by atoms with Crippen molar-refractivity contribution in [2.45, 2.75) is 25.5 Å². The van der Waals surface area contributed by atoms with Crippen LogP contribution in [0.3, 0.4) is 0 Å². The zero-order valence-electron chi connectivity index (χ0n) is 9.86. The lowest BCUT2D eigenvalue weighted by molar-refractivity contribution is 0.0674. The maximum absolute atomic E-state index is 10.1. The van der Waals surface area contributed by atoms with Crippen LogP contribution in [0.5, 0.6) is 0 Å². The number of hydrogen-bond donors (Lipinski definition) is 2. The topological polar surface area (TPSA) is 50.1 Å². The first-order chi connectivity index (χ1) is 7.59. The molecule has 2 heterocycles. The summed E-state index contributed by atoms with van der Waals surface area (Å²) in [6.45, 7) is 3.47. The molecule has 4 nitrogen and oxygen atoms in total. The molecule has 1 atom stereocenters. The van der Waals surface area contributed by atoms with Crippen LogP contribution in [0.15, 0.2) is 6.20 Å². The Labute approximate surface area is 100 Å². The summed E-state index contributed by atoms with van der Waals surface area (Å²) >= 11 is 1.83. The first-order valence-corrected chi connectivity index (χ1v) is 6.74. The minimum absolute atomic E-state index is 0.499. The number of hydrogen-bond acceptors (Lipinski definition) is 4. The Morgan fingerprint density at radius 1 is 1.69 bits per heavy atom. The summed E-state index contributed by atoms with van der Waals surface area (Å²) in [5.74, 6) is 1.93. The predicted molar refractivity (Wildman–Crippen MR) is 66.5 cm³/mol. The third-order valence-electron chi connectivity index (χ3n) is 2.97. The summed E-state index contributed by atoms with van der Waals surface area (Å²) < 4.78 is 1.83. The van der Waals surface area contributed by atoms with Crippen molar-refractivity contribution in [3.05, 3.63) is 17.5 Å². The quantitative estimate of drug-likeness (QED) is 0.814. The van der Waals surface area contributed by atoms with Crippen molar-refractivity contribution in [1.29, 1.82) is 0 Å². The van der Waals surface area contributed by atoms with Crippen molar-refractivity contribution in [2.24, 2.45) is 7.05 Å². The number of aryl methyl sites for hydroxylation is 2. The molecule has 1 aromatic heterocycles. The molecular weight excluding hydrogens is 222 g/mol. The largest absolute Gasteiger partial charge is 0.388 e. The maximum atomic E-state index is 10.1. The van der Waals surface area contributed by atoms with Crippen LogP contribution >= 0.6 is 11.8 Å². The van der Waals surface area contributed by atoms with E-state index in [2.05, 4.69) is 10.4 Å². The van der Waals surface area contributed by atoms with Crippen molar-refractivity contribution < 1.29 is 5.11 Å². The Balaban J connectivity index is 1.81. The van der Waals surface area contributed by atoms with Gasteiger partial charge >= 0.3 is 0 Å². The monoisotopic (exact) mass is 241 g/mol. The molecule has 1 saturated heterocycles. The van der Waals surface area contributed by atoms with E-state index in [1.165, 1.54) is 5.56 Å². The predicted octanol–water partition coefficient (Wildman–Crippen LogP) is 0.686. The van der Waals surface area contributed by atoms with Gasteiger partial charge in [0.2, 0.25) is 0 Å². The van der Waals surface area contributed by atoms with Crippen LogP contribution in [0, 0.1) is 6.92 Å². The Morgan fingerprint density at radius 3 is 3.06 bits per heavy atom. The average molecular weight is 241 g/mol. The first kappa shape index (κ1) is 12.0. The smallest absolute Gasteiger partial charge is 0.0869 e. The average Bonchev–Trinajstić information content (AvgIpc) is 2.75. The van der Waals surface area contributed by atoms with Crippen LogP contribution in [0.4, 0.5) is 0 Å². The van der Waals surface area contributed by atoms with Crippen molar-refractivity contribution in [2.75, 3.05) is 18.1 Å². The van der Waals surface area contributed by atoms with E-state index < -0.39 is 5.60 Å². The number of aliphatic hydroxyl groups is 1. The molecule has 1 aliphatic rings. The normalized spacial score (nSPS) is 25.2. The lowest BCUT2D eigenvalue weighted by Gasteiger charge is -2.21. The molecular formula is C11H19N3OS. The molecule has 1 unspecified atom stereocenters. The molecule has 0 saturated carbocycles. The highest BCUT2D eigenvalue weighted by Crippen LogP contribution is 2.27. The first-order valence-electron chi connectivity index (χ1n) is 5.59. The zero-order valence-corrected chi connectivity index (χ0v) is 10.7. The minimum Gasteiger partial charge on any atom is -0.388 e. The fraction of sp³-hybridized carbons (Fsp3) is 0.727. The molecule has 16 heavy (non-hydrogen) atoms. The highest BCUT2D eigenvalue weighted by Gasteiger charge is 2.30. The van der Waals surface area contributed by atoms with Crippen LogP contribution < -0.4 is 5.32 Å². The molecule has 0 aromatic carbocycles. The van der Waals surface area contributed by atoms with E-state index in [4.69, 9.17) is 0 Å². The van der Waals surface area contributed by atoms with E-state index in [1.54, 1.807) is 0 Å². The number of aromatic nitrogens is 2. The van der Waals surface area contributed by atoms with Gasteiger partial charge in [0.05, 0.1) is 11.3 Å². The van der Waals surface area contributed by atoms with Gasteiger partial charge in [-0.1, -0.05) is 0 Å². The molecule has 5 heteroatoms. The van der Waals surface area contributed by atoms with Gasteiger partial charge in [0.1, 0.15) is 0 Å². The van der Waals surface area contributed by atoms with Gasteiger partial charge < -0.3 is 10.4 Å². The van der Waals surface area contributed by atoms with Crippen LogP contribution in [0.2, 0.25) is 0 Å². The maximum Gasteiger partial charge on any atom is 0.0869 e. The van der Waals surface area contributed by atoms with Gasteiger partial charge in [-0.05, 0) is 19.1 Å². The number of rotatable bonds is 4. The Morgan fingerprint density at radius 2 is 2.50 bits per heavy atom. The molecule has 0 bridgehead atoms. The summed E-state index contributed by atoms with van der Waals surface area (Å²) in [4.78, 5) is 0. The standard InChI is InChI=1S/C11H19N3OS/c1-9-10(6-14(2)13-9)5-12-7-11(15)3-4-16-8-11/h6,12,15H,3-5,7-8H2,1-2H3. The highest BCUT2D eigenvalue weighted by atomic mass is 32.2. The van der Waals surface area contributed by atoms with E-state index >= 15 is 0 Å². The molecule has 0 spiro atoms. The summed E-state index contributed by atoms with van der Waals surface area (Å²) in [6.07, 6.45) is 2.92. The second kappa shape index (κ2) is 4.77. The van der Waals surface area contributed by atoms with Crippen LogP contribution in [0.1, 0.15) is 17.7 Å². The van der Waals surface area contributed by atoms with Crippen LogP contribution in [-0.2, 0) is 13.6 Å². The fourth-order valence-electron chi connectivity index (χ4n) is 1.99. The molecule has 2 N–H and O–H groups in total. The van der Waals surface area contributed by atoms with Gasteiger partial charge in [-0.25, -0.2) is 0 Å². The lowest BCUT2D eigenvalue weighted by Crippen LogP contribution is -2.40. The van der Waals surface area contributed by atoms with Crippen molar-refractivity contribution in [3.63, 3.8) is 0 Å². The summed E-state index contributed by atoms with van der Waals surface area (Å²) in [7, 11) is 1.93. The van der Waals surface area contributed by atoms with Gasteiger partial charge in [-0.3, -0.25) is 4.68 Å². The third kappa shape index (κ3) is 2.78. The van der Waals surface area contributed by atoms with Crippen LogP contribution in [-0.4, -0.2) is 38.5 Å². The van der Waals surface area contributed by atoms with E-state index in [1.807, 2.05) is 36.6 Å². The SMILES string of the molecule is Cc1nn(C)cc1CNCC1(O)CCSC1. The summed E-state index contributed by atoms with van der Waals surface area (Å²) in [5, 5.41) is 17.8. The lowest BCUT2D eigenvalue weighted by atomic mass is 10.0. The van der Waals surface area contributed by atoms with Gasteiger partial charge in [0, 0.05) is 37.7 Å². The second-order valence-corrected chi connectivity index (χ2v) is 5.65. The van der Waals surface area contributed by atoms with Crippen molar-refractivity contribution >= 4 is 11.8 Å².